The average Bonchev–Trinajstić information content (AvgIpc) is 2.85. The summed E-state index contributed by atoms with van der Waals surface area (Å²) in [5.41, 5.74) is 8.72. The Bertz CT molecular complexity index is 1240. The third kappa shape index (κ3) is 4.54. The fourth-order valence-corrected chi connectivity index (χ4v) is 4.49. The van der Waals surface area contributed by atoms with Gasteiger partial charge in [0.15, 0.2) is 0 Å². The van der Waals surface area contributed by atoms with Crippen molar-refractivity contribution < 1.29 is 10.5 Å². The molecule has 0 unspecified atom stereocenters. The smallest absolute Gasteiger partial charge is 0.200 e. The number of hydrogen-bond donors (Lipinski definition) is 3. The van der Waals surface area contributed by atoms with Gasteiger partial charge in [-0.2, -0.15) is 5.10 Å². The van der Waals surface area contributed by atoms with E-state index >= 15 is 0 Å². The second-order valence-electron chi connectivity index (χ2n) is 9.98. The van der Waals surface area contributed by atoms with Gasteiger partial charge in [-0.1, -0.05) is 101 Å². The maximum absolute atomic E-state index is 11.5. The Balaban J connectivity index is 1.87. The fraction of sp³-hybridized carbons (Fsp3) is 0.267. The minimum Gasteiger partial charge on any atom is -0.505 e. The van der Waals surface area contributed by atoms with Gasteiger partial charge in [-0.3, -0.25) is 10.8 Å². The van der Waals surface area contributed by atoms with E-state index in [4.69, 9.17) is 5.41 Å². The average molecular weight is 453 g/mol. The van der Waals surface area contributed by atoms with Gasteiger partial charge in [-0.05, 0) is 35.3 Å². The number of anilines is 1. The third-order valence-corrected chi connectivity index (χ3v) is 6.98. The number of nitrogens with one attached hydrogen (secondary N) is 1. The summed E-state index contributed by atoms with van der Waals surface area (Å²) in [4.78, 5) is 0. The molecule has 34 heavy (non-hydrogen) atoms. The van der Waals surface area contributed by atoms with Crippen LogP contribution in [0.15, 0.2) is 90.0 Å². The number of benzene rings is 3. The molecular formula is C30H34N3O+. The van der Waals surface area contributed by atoms with Gasteiger partial charge in [0.05, 0.1) is 5.69 Å². The number of hydrogen-bond acceptors (Lipinski definition) is 3. The van der Waals surface area contributed by atoms with Gasteiger partial charge >= 0.3 is 0 Å². The lowest BCUT2D eigenvalue weighted by Crippen LogP contribution is -2.45. The molecule has 0 bridgehead atoms. The summed E-state index contributed by atoms with van der Waals surface area (Å²) in [7, 11) is 0. The molecule has 0 saturated carbocycles. The van der Waals surface area contributed by atoms with Crippen LogP contribution in [0.25, 0.3) is 0 Å². The summed E-state index contributed by atoms with van der Waals surface area (Å²) < 4.78 is 0. The normalized spacial score (nSPS) is 15.5. The molecule has 0 atom stereocenters. The van der Waals surface area contributed by atoms with Gasteiger partial charge in [0, 0.05) is 22.8 Å². The lowest BCUT2D eigenvalue weighted by molar-refractivity contribution is -0.112. The first-order chi connectivity index (χ1) is 16.2. The van der Waals surface area contributed by atoms with E-state index in [0.717, 1.165) is 35.2 Å². The van der Waals surface area contributed by atoms with E-state index < -0.39 is 5.41 Å². The maximum atomic E-state index is 11.5. The number of nitrogens with zero attached hydrogens (tertiary/aromatic N) is 1. The summed E-state index contributed by atoms with van der Waals surface area (Å²) >= 11 is 0. The molecule has 0 heterocycles. The second-order valence-corrected chi connectivity index (χ2v) is 9.98. The number of aromatic hydroxyl groups is 1. The van der Waals surface area contributed by atoms with Crippen molar-refractivity contribution >= 4 is 17.1 Å². The van der Waals surface area contributed by atoms with Crippen molar-refractivity contribution in [1.29, 1.82) is 0 Å². The van der Waals surface area contributed by atoms with E-state index in [1.165, 1.54) is 5.56 Å². The van der Waals surface area contributed by atoms with Crippen LogP contribution in [-0.4, -0.2) is 16.5 Å². The van der Waals surface area contributed by atoms with Crippen LogP contribution < -0.4 is 10.8 Å². The Labute approximate surface area is 202 Å². The Morgan fingerprint density at radius 3 is 2.00 bits per heavy atom. The predicted octanol–water partition coefficient (Wildman–Crippen LogP) is 5.36. The highest BCUT2D eigenvalue weighted by Crippen LogP contribution is 2.44. The molecule has 0 spiro atoms. The van der Waals surface area contributed by atoms with E-state index in [1.807, 2.05) is 36.4 Å². The van der Waals surface area contributed by atoms with E-state index in [0.29, 0.717) is 11.4 Å². The van der Waals surface area contributed by atoms with Crippen LogP contribution in [0, 0.1) is 0 Å². The SMILES string of the molecule is CC(C)(c1ccccc1)c1cc(NN=C2C=CCCC2=[NH2+])c(O)c(C(C)(C)c2ccccc2)c1. The van der Waals surface area contributed by atoms with Crippen LogP contribution in [0.3, 0.4) is 0 Å². The van der Waals surface area contributed by atoms with E-state index in [9.17, 15) is 5.11 Å². The Morgan fingerprint density at radius 1 is 0.824 bits per heavy atom. The molecule has 174 valence electrons. The topological polar surface area (TPSA) is 70.2 Å². The van der Waals surface area contributed by atoms with Crippen LogP contribution >= 0.6 is 0 Å². The zero-order chi connectivity index (χ0) is 24.3. The van der Waals surface area contributed by atoms with Crippen molar-refractivity contribution in [2.24, 2.45) is 5.10 Å². The summed E-state index contributed by atoms with van der Waals surface area (Å²) in [6.07, 6.45) is 5.70. The first-order valence-electron chi connectivity index (χ1n) is 11.8. The van der Waals surface area contributed by atoms with Crippen molar-refractivity contribution in [3.8, 4) is 5.75 Å². The van der Waals surface area contributed by atoms with E-state index in [1.54, 1.807) is 0 Å². The van der Waals surface area contributed by atoms with Gasteiger partial charge in [-0.25, -0.2) is 0 Å². The minimum atomic E-state index is -0.423. The summed E-state index contributed by atoms with van der Waals surface area (Å²) in [5, 5.41) is 22.2. The number of nitrogens with two attached hydrogens (primary N) is 1. The molecule has 0 amide bonds. The zero-order valence-corrected chi connectivity index (χ0v) is 20.5. The molecular weight excluding hydrogens is 418 g/mol. The van der Waals surface area contributed by atoms with Crippen molar-refractivity contribution in [3.05, 3.63) is 107 Å². The Hall–Kier alpha value is -3.66. The quantitative estimate of drug-likeness (QED) is 0.348. The molecule has 4 nitrogen and oxygen atoms in total. The van der Waals surface area contributed by atoms with Crippen molar-refractivity contribution in [2.45, 2.75) is 51.4 Å². The summed E-state index contributed by atoms with van der Waals surface area (Å²) in [5.74, 6) is 0.198. The molecule has 3 aromatic carbocycles. The highest BCUT2D eigenvalue weighted by atomic mass is 16.3. The molecule has 4 rings (SSSR count). The van der Waals surface area contributed by atoms with E-state index in [2.05, 4.69) is 86.8 Å². The van der Waals surface area contributed by atoms with Gasteiger partial charge in [0.25, 0.3) is 0 Å². The van der Waals surface area contributed by atoms with Crippen LogP contribution in [-0.2, 0) is 10.8 Å². The minimum absolute atomic E-state index is 0.198. The predicted molar refractivity (Wildman–Crippen MR) is 142 cm³/mol. The maximum Gasteiger partial charge on any atom is 0.200 e. The summed E-state index contributed by atoms with van der Waals surface area (Å²) in [6, 6.07) is 24.9. The molecule has 4 N–H and O–H groups in total. The molecule has 3 aromatic rings. The van der Waals surface area contributed by atoms with Crippen LogP contribution in [0.5, 0.6) is 5.75 Å². The van der Waals surface area contributed by atoms with Crippen molar-refractivity contribution in [1.82, 2.24) is 0 Å². The summed E-state index contributed by atoms with van der Waals surface area (Å²) in [6.45, 7) is 8.70. The second kappa shape index (κ2) is 9.30. The molecule has 4 heteroatoms. The van der Waals surface area contributed by atoms with Gasteiger partial charge in [0.2, 0.25) is 5.71 Å². The Morgan fingerprint density at radius 2 is 1.41 bits per heavy atom. The highest BCUT2D eigenvalue weighted by Gasteiger charge is 2.32. The highest BCUT2D eigenvalue weighted by molar-refractivity contribution is 6.44. The van der Waals surface area contributed by atoms with Crippen molar-refractivity contribution in [2.75, 3.05) is 5.43 Å². The molecule has 0 aliphatic heterocycles. The fourth-order valence-electron chi connectivity index (χ4n) is 4.49. The first kappa shape index (κ1) is 23.5. The molecule has 0 aromatic heterocycles. The number of phenols is 1. The first-order valence-corrected chi connectivity index (χ1v) is 11.8. The zero-order valence-electron chi connectivity index (χ0n) is 20.5. The lowest BCUT2D eigenvalue weighted by Gasteiger charge is -2.32. The van der Waals surface area contributed by atoms with Gasteiger partial charge < -0.3 is 5.11 Å². The molecule has 1 aliphatic carbocycles. The van der Waals surface area contributed by atoms with Crippen molar-refractivity contribution in [3.63, 3.8) is 0 Å². The number of phenolic OH excluding ortho intramolecular Hbond substituents is 1. The number of allylic oxidation sites excluding steroid dienone is 2. The Kier molecular flexibility index (Phi) is 6.43. The monoisotopic (exact) mass is 452 g/mol. The van der Waals surface area contributed by atoms with Gasteiger partial charge in [0.1, 0.15) is 11.5 Å². The molecule has 0 fully saturated rings. The van der Waals surface area contributed by atoms with Gasteiger partial charge in [-0.15, -0.1) is 0 Å². The van der Waals surface area contributed by atoms with E-state index in [-0.39, 0.29) is 11.2 Å². The van der Waals surface area contributed by atoms with Crippen LogP contribution in [0.2, 0.25) is 0 Å². The molecule has 1 aliphatic rings. The standard InChI is InChI=1S/C30H33N3O/c1-29(2,21-13-7-5-8-14-21)23-19-24(30(3,4)22-15-9-6-10-16-22)28(34)27(20-23)33-32-26-18-12-11-17-25(26)31/h5-10,12-16,18-20,31,33-34H,11,17H2,1-4H3/p+1. The molecule has 0 radical (unpaired) electrons. The van der Waals surface area contributed by atoms with Crippen LogP contribution in [0.1, 0.15) is 62.8 Å². The molecule has 0 saturated heterocycles. The largest absolute Gasteiger partial charge is 0.505 e. The van der Waals surface area contributed by atoms with Crippen LogP contribution in [0.4, 0.5) is 5.69 Å². The third-order valence-electron chi connectivity index (χ3n) is 6.98. The number of rotatable bonds is 6. The number of hydrazone groups is 1. The lowest BCUT2D eigenvalue weighted by atomic mass is 9.72.